The summed E-state index contributed by atoms with van der Waals surface area (Å²) < 4.78 is 13.5. The molecule has 2 aromatic heterocycles. The van der Waals surface area contributed by atoms with Crippen molar-refractivity contribution in [1.29, 1.82) is 0 Å². The summed E-state index contributed by atoms with van der Waals surface area (Å²) in [7, 11) is 0. The molecule has 0 bridgehead atoms. The SMILES string of the molecule is CC(C)(C)OC(=O)N1CCC[C@H](COc2nn(-c3ccccn3)c3ccccc23)C1. The number of hydrogen-bond donors (Lipinski definition) is 0. The van der Waals surface area contributed by atoms with Crippen molar-refractivity contribution < 1.29 is 14.3 Å². The summed E-state index contributed by atoms with van der Waals surface area (Å²) in [6.45, 7) is 7.52. The van der Waals surface area contributed by atoms with Gasteiger partial charge >= 0.3 is 6.09 Å². The van der Waals surface area contributed by atoms with Crippen molar-refractivity contribution in [3.8, 4) is 11.7 Å². The first kappa shape index (κ1) is 20.2. The van der Waals surface area contributed by atoms with Crippen LogP contribution in [0.2, 0.25) is 0 Å². The minimum atomic E-state index is -0.488. The number of benzene rings is 1. The third-order valence-corrected chi connectivity index (χ3v) is 5.05. The van der Waals surface area contributed by atoms with Crippen LogP contribution in [0.1, 0.15) is 33.6 Å². The first-order valence-electron chi connectivity index (χ1n) is 10.4. The number of amides is 1. The van der Waals surface area contributed by atoms with E-state index < -0.39 is 5.60 Å². The van der Waals surface area contributed by atoms with Crippen LogP contribution in [0, 0.1) is 5.92 Å². The number of rotatable bonds is 4. The van der Waals surface area contributed by atoms with Crippen LogP contribution in [0.5, 0.6) is 5.88 Å². The Morgan fingerprint density at radius 3 is 2.73 bits per heavy atom. The zero-order chi connectivity index (χ0) is 21.1. The number of piperidine rings is 1. The van der Waals surface area contributed by atoms with Gasteiger partial charge in [-0.25, -0.2) is 14.5 Å². The van der Waals surface area contributed by atoms with Crippen LogP contribution in [0.25, 0.3) is 16.7 Å². The Bertz CT molecular complexity index is 1010. The van der Waals surface area contributed by atoms with Crippen molar-refractivity contribution in [3.63, 3.8) is 0 Å². The van der Waals surface area contributed by atoms with Gasteiger partial charge in [0.1, 0.15) is 5.60 Å². The summed E-state index contributed by atoms with van der Waals surface area (Å²) in [6, 6.07) is 13.7. The van der Waals surface area contributed by atoms with E-state index in [0.717, 1.165) is 36.1 Å². The maximum Gasteiger partial charge on any atom is 0.410 e. The zero-order valence-electron chi connectivity index (χ0n) is 17.7. The molecule has 1 atom stereocenters. The van der Waals surface area contributed by atoms with E-state index >= 15 is 0 Å². The van der Waals surface area contributed by atoms with Crippen molar-refractivity contribution in [3.05, 3.63) is 48.7 Å². The summed E-state index contributed by atoms with van der Waals surface area (Å²) in [5.41, 5.74) is 0.461. The second-order valence-electron chi connectivity index (χ2n) is 8.67. The minimum absolute atomic E-state index is 0.241. The minimum Gasteiger partial charge on any atom is -0.476 e. The van der Waals surface area contributed by atoms with Gasteiger partial charge < -0.3 is 14.4 Å². The molecule has 1 aliphatic heterocycles. The molecule has 0 saturated carbocycles. The van der Waals surface area contributed by atoms with Gasteiger partial charge in [0.05, 0.1) is 17.5 Å². The van der Waals surface area contributed by atoms with E-state index in [1.165, 1.54) is 0 Å². The monoisotopic (exact) mass is 408 g/mol. The van der Waals surface area contributed by atoms with Crippen LogP contribution in [-0.2, 0) is 4.74 Å². The first-order chi connectivity index (χ1) is 14.4. The molecule has 0 unspecified atom stereocenters. The topological polar surface area (TPSA) is 69.5 Å². The number of pyridine rings is 1. The molecule has 4 rings (SSSR count). The van der Waals surface area contributed by atoms with Crippen LogP contribution < -0.4 is 4.74 Å². The number of para-hydroxylation sites is 1. The second-order valence-corrected chi connectivity index (χ2v) is 8.67. The van der Waals surface area contributed by atoms with E-state index in [4.69, 9.17) is 9.47 Å². The maximum atomic E-state index is 12.4. The number of fused-ring (bicyclic) bond motifs is 1. The lowest BCUT2D eigenvalue weighted by molar-refractivity contribution is 0.0138. The molecule has 1 aliphatic rings. The van der Waals surface area contributed by atoms with Gasteiger partial charge in [-0.2, -0.15) is 0 Å². The third kappa shape index (κ3) is 4.56. The Kier molecular flexibility index (Phi) is 5.61. The van der Waals surface area contributed by atoms with Gasteiger partial charge in [0.2, 0.25) is 5.88 Å². The zero-order valence-corrected chi connectivity index (χ0v) is 17.7. The molecular weight excluding hydrogens is 380 g/mol. The smallest absolute Gasteiger partial charge is 0.410 e. The fourth-order valence-corrected chi connectivity index (χ4v) is 3.69. The summed E-state index contributed by atoms with van der Waals surface area (Å²) in [5, 5.41) is 5.62. The lowest BCUT2D eigenvalue weighted by Crippen LogP contribution is -2.44. The van der Waals surface area contributed by atoms with Crippen LogP contribution in [-0.4, -0.2) is 51.1 Å². The largest absolute Gasteiger partial charge is 0.476 e. The molecule has 30 heavy (non-hydrogen) atoms. The molecule has 0 spiro atoms. The number of carbonyl (C=O) groups excluding carboxylic acids is 1. The van der Waals surface area contributed by atoms with Gasteiger partial charge in [-0.1, -0.05) is 18.2 Å². The van der Waals surface area contributed by atoms with Crippen molar-refractivity contribution in [2.75, 3.05) is 19.7 Å². The standard InChI is InChI=1S/C23H28N4O3/c1-23(2,3)30-22(28)26-14-8-9-17(15-26)16-29-21-18-10-4-5-11-19(18)27(25-21)20-12-6-7-13-24-20/h4-7,10-13,17H,8-9,14-16H2,1-3H3/t17-/m0/s1. The molecule has 158 valence electrons. The van der Waals surface area contributed by atoms with Crippen LogP contribution in [0.4, 0.5) is 4.79 Å². The quantitative estimate of drug-likeness (QED) is 0.638. The molecule has 7 nitrogen and oxygen atoms in total. The number of ether oxygens (including phenoxy) is 2. The van der Waals surface area contributed by atoms with Crippen LogP contribution >= 0.6 is 0 Å². The molecule has 0 radical (unpaired) electrons. The van der Waals surface area contributed by atoms with Crippen LogP contribution in [0.3, 0.4) is 0 Å². The lowest BCUT2D eigenvalue weighted by atomic mass is 9.99. The Labute approximate surface area is 176 Å². The molecule has 1 fully saturated rings. The summed E-state index contributed by atoms with van der Waals surface area (Å²) in [5.74, 6) is 1.58. The average molecular weight is 409 g/mol. The predicted octanol–water partition coefficient (Wildman–Crippen LogP) is 4.45. The van der Waals surface area contributed by atoms with Gasteiger partial charge in [0, 0.05) is 25.2 Å². The Morgan fingerprint density at radius 2 is 1.97 bits per heavy atom. The normalized spacial score (nSPS) is 17.2. The number of carbonyl (C=O) groups is 1. The molecule has 1 saturated heterocycles. The highest BCUT2D eigenvalue weighted by Crippen LogP contribution is 2.28. The van der Waals surface area contributed by atoms with E-state index in [2.05, 4.69) is 10.1 Å². The Balaban J connectivity index is 1.47. The first-order valence-corrected chi connectivity index (χ1v) is 10.4. The van der Waals surface area contributed by atoms with Gasteiger partial charge in [0.15, 0.2) is 5.82 Å². The predicted molar refractivity (Wildman–Crippen MR) is 115 cm³/mol. The summed E-state index contributed by atoms with van der Waals surface area (Å²) in [4.78, 5) is 18.6. The van der Waals surface area contributed by atoms with Gasteiger partial charge in [0.25, 0.3) is 0 Å². The molecule has 7 heteroatoms. The highest BCUT2D eigenvalue weighted by molar-refractivity contribution is 5.85. The molecule has 1 aromatic carbocycles. The van der Waals surface area contributed by atoms with Crippen molar-refractivity contribution in [2.24, 2.45) is 5.92 Å². The third-order valence-electron chi connectivity index (χ3n) is 5.05. The van der Waals surface area contributed by atoms with E-state index in [0.29, 0.717) is 19.0 Å². The van der Waals surface area contributed by atoms with E-state index in [1.807, 2.05) is 63.2 Å². The fraction of sp³-hybridized carbons (Fsp3) is 0.435. The lowest BCUT2D eigenvalue weighted by Gasteiger charge is -2.33. The average Bonchev–Trinajstić information content (AvgIpc) is 3.11. The van der Waals surface area contributed by atoms with Crippen molar-refractivity contribution in [2.45, 2.75) is 39.2 Å². The number of likely N-dealkylation sites (tertiary alicyclic amines) is 1. The second kappa shape index (κ2) is 8.34. The number of aromatic nitrogens is 3. The van der Waals surface area contributed by atoms with Gasteiger partial charge in [-0.15, -0.1) is 5.10 Å². The van der Waals surface area contributed by atoms with Crippen molar-refractivity contribution >= 4 is 17.0 Å². The molecule has 1 amide bonds. The highest BCUT2D eigenvalue weighted by Gasteiger charge is 2.28. The molecular formula is C23H28N4O3. The molecule has 3 aromatic rings. The van der Waals surface area contributed by atoms with E-state index in [-0.39, 0.29) is 12.0 Å². The Hall–Kier alpha value is -3.09. The summed E-state index contributed by atoms with van der Waals surface area (Å²) in [6.07, 6.45) is 3.45. The van der Waals surface area contributed by atoms with Gasteiger partial charge in [-0.3, -0.25) is 0 Å². The van der Waals surface area contributed by atoms with Crippen molar-refractivity contribution in [1.82, 2.24) is 19.7 Å². The number of nitrogens with zero attached hydrogens (tertiary/aromatic N) is 4. The molecule has 0 aliphatic carbocycles. The molecule has 0 N–H and O–H groups in total. The maximum absolute atomic E-state index is 12.4. The Morgan fingerprint density at radius 1 is 1.17 bits per heavy atom. The van der Waals surface area contributed by atoms with Gasteiger partial charge in [-0.05, 0) is 57.9 Å². The fourth-order valence-electron chi connectivity index (χ4n) is 3.69. The van der Waals surface area contributed by atoms with E-state index in [1.54, 1.807) is 15.8 Å². The molecule has 3 heterocycles. The van der Waals surface area contributed by atoms with E-state index in [9.17, 15) is 4.79 Å². The summed E-state index contributed by atoms with van der Waals surface area (Å²) >= 11 is 0. The highest BCUT2D eigenvalue weighted by atomic mass is 16.6. The van der Waals surface area contributed by atoms with Crippen LogP contribution in [0.15, 0.2) is 48.7 Å². The number of hydrogen-bond acceptors (Lipinski definition) is 5.